The Labute approximate surface area is 198 Å². The summed E-state index contributed by atoms with van der Waals surface area (Å²) in [7, 11) is 0. The highest BCUT2D eigenvalue weighted by Crippen LogP contribution is 2.38. The molecular weight excluding hydrogens is 451 g/mol. The number of nitrogens with zero attached hydrogens (tertiary/aromatic N) is 4. The molecule has 3 aromatic heterocycles. The third-order valence-corrected chi connectivity index (χ3v) is 6.40. The summed E-state index contributed by atoms with van der Waals surface area (Å²) < 4.78 is 3.88. The van der Waals surface area contributed by atoms with Gasteiger partial charge in [-0.3, -0.25) is 9.59 Å². The molecular formula is C22H28Cl2N6O2. The maximum absolute atomic E-state index is 12.9. The molecule has 0 unspecified atom stereocenters. The van der Waals surface area contributed by atoms with Crippen LogP contribution < -0.4 is 16.2 Å². The molecule has 1 saturated heterocycles. The van der Waals surface area contributed by atoms with Gasteiger partial charge in [0.05, 0.1) is 17.9 Å². The monoisotopic (exact) mass is 478 g/mol. The second-order valence-corrected chi connectivity index (χ2v) is 8.60. The molecule has 0 aromatic carbocycles. The molecule has 0 saturated carbocycles. The summed E-state index contributed by atoms with van der Waals surface area (Å²) in [6, 6.07) is 7.44. The van der Waals surface area contributed by atoms with E-state index in [1.54, 1.807) is 24.7 Å². The smallest absolute Gasteiger partial charge is 0.253 e. The first-order chi connectivity index (χ1) is 14.5. The van der Waals surface area contributed by atoms with Crippen molar-refractivity contribution in [1.29, 1.82) is 0 Å². The number of piperidine rings is 1. The van der Waals surface area contributed by atoms with E-state index in [-0.39, 0.29) is 48.4 Å². The Bertz CT molecular complexity index is 1170. The second kappa shape index (κ2) is 9.60. The summed E-state index contributed by atoms with van der Waals surface area (Å²) in [5, 5.41) is 6.51. The minimum atomic E-state index is -0.195. The normalized spacial score (nSPS) is 21.4. The quantitative estimate of drug-likeness (QED) is 0.600. The molecule has 2 aliphatic rings. The average molecular weight is 479 g/mol. The van der Waals surface area contributed by atoms with E-state index < -0.39 is 0 Å². The number of carbonyl (C=O) groups excluding carboxylic acids is 1. The van der Waals surface area contributed by atoms with Gasteiger partial charge in [-0.1, -0.05) is 6.07 Å². The largest absolute Gasteiger partial charge is 0.350 e. The van der Waals surface area contributed by atoms with Gasteiger partial charge in [-0.25, -0.2) is 9.97 Å². The molecule has 10 heteroatoms. The van der Waals surface area contributed by atoms with Gasteiger partial charge in [0.1, 0.15) is 5.52 Å². The Morgan fingerprint density at radius 3 is 2.84 bits per heavy atom. The predicted octanol–water partition coefficient (Wildman–Crippen LogP) is 2.70. The van der Waals surface area contributed by atoms with Crippen LogP contribution in [0.4, 0.5) is 0 Å². The first-order valence-electron chi connectivity index (χ1n) is 10.6. The fourth-order valence-electron chi connectivity index (χ4n) is 4.89. The van der Waals surface area contributed by atoms with E-state index in [0.29, 0.717) is 29.5 Å². The predicted molar refractivity (Wildman–Crippen MR) is 128 cm³/mol. The van der Waals surface area contributed by atoms with Crippen LogP contribution in [0.15, 0.2) is 41.6 Å². The Hall–Kier alpha value is -2.42. The molecule has 1 amide bonds. The minimum absolute atomic E-state index is 0. The number of amides is 1. The Balaban J connectivity index is 0.00000144. The number of pyridine rings is 2. The standard InChI is InChI=1S/C22H26N6O2.2ClH/c1-13(2)27-12-26-17-7-16(10-24-21(17)27)22(30)25-11-19-15-6-14(8-23-9-15)18-4-3-5-20(29)28(18)19;;/h3-5,7,10,12-15,19,23H,6,8-9,11H2,1-2H3,(H,25,30);2*1H/t14-,15+,19+;;/m1../s1. The van der Waals surface area contributed by atoms with Gasteiger partial charge in [-0.15, -0.1) is 24.8 Å². The van der Waals surface area contributed by atoms with Gasteiger partial charge in [0.15, 0.2) is 5.65 Å². The molecule has 0 spiro atoms. The van der Waals surface area contributed by atoms with Gasteiger partial charge < -0.3 is 19.8 Å². The Morgan fingerprint density at radius 2 is 2.06 bits per heavy atom. The van der Waals surface area contributed by atoms with E-state index in [2.05, 4.69) is 34.4 Å². The zero-order valence-corrected chi connectivity index (χ0v) is 19.7. The van der Waals surface area contributed by atoms with Crippen molar-refractivity contribution < 1.29 is 4.79 Å². The molecule has 1 fully saturated rings. The highest BCUT2D eigenvalue weighted by atomic mass is 35.5. The van der Waals surface area contributed by atoms with Crippen molar-refractivity contribution in [2.24, 2.45) is 5.92 Å². The zero-order valence-electron chi connectivity index (χ0n) is 18.0. The van der Waals surface area contributed by atoms with Gasteiger partial charge in [0.25, 0.3) is 11.5 Å². The van der Waals surface area contributed by atoms with Crippen LogP contribution in [0, 0.1) is 5.92 Å². The highest BCUT2D eigenvalue weighted by Gasteiger charge is 2.37. The van der Waals surface area contributed by atoms with Gasteiger partial charge >= 0.3 is 0 Å². The first-order valence-corrected chi connectivity index (χ1v) is 10.6. The maximum Gasteiger partial charge on any atom is 0.253 e. The maximum atomic E-state index is 12.9. The number of hydrogen-bond donors (Lipinski definition) is 2. The number of hydrogen-bond acceptors (Lipinski definition) is 5. The second-order valence-electron chi connectivity index (χ2n) is 8.60. The third-order valence-electron chi connectivity index (χ3n) is 6.40. The van der Waals surface area contributed by atoms with Crippen molar-refractivity contribution in [3.63, 3.8) is 0 Å². The SMILES string of the molecule is CC(C)n1cnc2cc(C(=O)NC[C@H]3[C@@H]4CNC[C@@H](C4)c4cccc(=O)n43)cnc21.Cl.Cl. The molecule has 3 aromatic rings. The van der Waals surface area contributed by atoms with E-state index in [4.69, 9.17) is 0 Å². The number of carbonyl (C=O) groups is 1. The lowest BCUT2D eigenvalue weighted by atomic mass is 9.79. The summed E-state index contributed by atoms with van der Waals surface area (Å²) in [6.07, 6.45) is 4.39. The van der Waals surface area contributed by atoms with Gasteiger partial charge in [0.2, 0.25) is 0 Å². The molecule has 3 atom stereocenters. The summed E-state index contributed by atoms with van der Waals surface area (Å²) in [5.74, 6) is 0.478. The van der Waals surface area contributed by atoms with Gasteiger partial charge in [-0.2, -0.15) is 0 Å². The summed E-state index contributed by atoms with van der Waals surface area (Å²) in [5.41, 5.74) is 3.02. The van der Waals surface area contributed by atoms with Crippen LogP contribution in [-0.2, 0) is 0 Å². The van der Waals surface area contributed by atoms with Crippen LogP contribution >= 0.6 is 24.8 Å². The number of halogens is 2. The number of aromatic nitrogens is 4. The van der Waals surface area contributed by atoms with E-state index >= 15 is 0 Å². The molecule has 2 bridgehead atoms. The lowest BCUT2D eigenvalue weighted by Gasteiger charge is -2.43. The van der Waals surface area contributed by atoms with Crippen LogP contribution in [-0.4, -0.2) is 44.6 Å². The fourth-order valence-corrected chi connectivity index (χ4v) is 4.89. The molecule has 2 aliphatic heterocycles. The molecule has 0 aliphatic carbocycles. The molecule has 5 rings (SSSR count). The van der Waals surface area contributed by atoms with Crippen molar-refractivity contribution in [2.75, 3.05) is 19.6 Å². The number of fused-ring (bicyclic) bond motifs is 5. The first kappa shape index (κ1) is 24.2. The zero-order chi connectivity index (χ0) is 20.8. The summed E-state index contributed by atoms with van der Waals surface area (Å²) in [6.45, 7) is 6.30. The van der Waals surface area contributed by atoms with Crippen LogP contribution in [0.3, 0.4) is 0 Å². The highest BCUT2D eigenvalue weighted by molar-refractivity contribution is 5.96. The third kappa shape index (κ3) is 4.14. The van der Waals surface area contributed by atoms with Gasteiger partial charge in [-0.05, 0) is 38.3 Å². The van der Waals surface area contributed by atoms with Gasteiger partial charge in [0, 0.05) is 49.6 Å². The molecule has 172 valence electrons. The van der Waals surface area contributed by atoms with Crippen LogP contribution in [0.25, 0.3) is 11.2 Å². The van der Waals surface area contributed by atoms with Crippen LogP contribution in [0.2, 0.25) is 0 Å². The topological polar surface area (TPSA) is 93.8 Å². The van der Waals surface area contributed by atoms with Crippen LogP contribution in [0.5, 0.6) is 0 Å². The minimum Gasteiger partial charge on any atom is -0.350 e. The number of rotatable bonds is 4. The van der Waals surface area contributed by atoms with Crippen molar-refractivity contribution in [1.82, 2.24) is 29.7 Å². The summed E-state index contributed by atoms with van der Waals surface area (Å²) in [4.78, 5) is 34.3. The average Bonchev–Trinajstić information content (AvgIpc) is 3.18. The van der Waals surface area contributed by atoms with Crippen LogP contribution in [0.1, 0.15) is 54.3 Å². The van der Waals surface area contributed by atoms with E-state index in [1.807, 2.05) is 21.3 Å². The van der Waals surface area contributed by atoms with E-state index in [9.17, 15) is 9.59 Å². The molecule has 32 heavy (non-hydrogen) atoms. The van der Waals surface area contributed by atoms with Crippen molar-refractivity contribution in [2.45, 2.75) is 38.3 Å². The Morgan fingerprint density at radius 1 is 1.25 bits per heavy atom. The number of imidazole rings is 1. The summed E-state index contributed by atoms with van der Waals surface area (Å²) >= 11 is 0. The van der Waals surface area contributed by atoms with Crippen molar-refractivity contribution in [3.05, 3.63) is 58.4 Å². The lowest BCUT2D eigenvalue weighted by Crippen LogP contribution is -2.50. The van der Waals surface area contributed by atoms with E-state index in [0.717, 1.165) is 30.9 Å². The fraction of sp³-hybridized carbons (Fsp3) is 0.455. The van der Waals surface area contributed by atoms with Crippen molar-refractivity contribution in [3.8, 4) is 0 Å². The Kier molecular flexibility index (Phi) is 7.27. The molecule has 0 radical (unpaired) electrons. The number of nitrogens with one attached hydrogen (secondary N) is 2. The molecule has 2 N–H and O–H groups in total. The molecule has 8 nitrogen and oxygen atoms in total. The van der Waals surface area contributed by atoms with Crippen molar-refractivity contribution >= 4 is 41.9 Å². The molecule has 5 heterocycles. The van der Waals surface area contributed by atoms with E-state index in [1.165, 1.54) is 0 Å². The lowest BCUT2D eigenvalue weighted by molar-refractivity contribution is 0.0932.